The van der Waals surface area contributed by atoms with Crippen LogP contribution in [-0.2, 0) is 38.0 Å². The van der Waals surface area contributed by atoms with Crippen LogP contribution in [0.4, 0.5) is 0 Å². The van der Waals surface area contributed by atoms with E-state index in [4.69, 9.17) is 28.4 Å². The molecule has 0 aromatic carbocycles. The molecule has 3 aliphatic heterocycles. The van der Waals surface area contributed by atoms with Crippen LogP contribution < -0.4 is 0 Å². The Balaban J connectivity index is 2.16. The Morgan fingerprint density at radius 2 is 1.54 bits per heavy atom. The molecule has 3 aliphatic rings. The summed E-state index contributed by atoms with van der Waals surface area (Å²) in [5.74, 6) is -3.28. The first kappa shape index (κ1) is 43.1. The average Bonchev–Trinajstić information content (AvgIpc) is 3.03. The Labute approximate surface area is 297 Å². The van der Waals surface area contributed by atoms with Gasteiger partial charge in [0.25, 0.3) is 0 Å². The number of rotatable bonds is 6. The van der Waals surface area contributed by atoms with Crippen molar-refractivity contribution in [2.24, 2.45) is 17.8 Å². The molecule has 0 bridgehead atoms. The predicted octanol–water partition coefficient (Wildman–Crippen LogP) is 1.54. The number of hydrogen-bond donors (Lipinski definition) is 5. The number of carbonyl (C=O) groups is 2. The van der Waals surface area contributed by atoms with Gasteiger partial charge in [-0.3, -0.25) is 9.59 Å². The summed E-state index contributed by atoms with van der Waals surface area (Å²) in [5.41, 5.74) is -4.52. The summed E-state index contributed by atoms with van der Waals surface area (Å²) < 4.78 is 36.6. The molecule has 292 valence electrons. The average molecular weight is 720 g/mol. The minimum Gasteiger partial charge on any atom is -0.459 e. The standard InChI is InChI=1S/C36H65NO13/c1-13-25-36(10,44)29(40)22(6)37(11)17-18(2)15-34(8,43)31(50-33-27(39)24(38)14-19(3)46-33)20(4)28(21(5)32(42)48-25)49-26-16-35(9,45-12)30(41)23(7)47-26/h18-23,25-31,33,39-41,43-44H,13-17H2,1-12H3/t18-,19?,20+,21-,22-,23?,25-,26+,27?,28+,29-,30+,31-,33+,34-,35+,36-/m1/s1. The first-order valence-corrected chi connectivity index (χ1v) is 18.1. The summed E-state index contributed by atoms with van der Waals surface area (Å²) >= 11 is 0. The molecule has 14 heteroatoms. The summed E-state index contributed by atoms with van der Waals surface area (Å²) in [6, 6.07) is -0.566. The lowest BCUT2D eigenvalue weighted by Gasteiger charge is -2.48. The van der Waals surface area contributed by atoms with Crippen molar-refractivity contribution in [3.63, 3.8) is 0 Å². The number of Topliss-reactive ketones (excluding diaryl/α,β-unsaturated/α-hetero) is 1. The van der Waals surface area contributed by atoms with Crippen LogP contribution in [0.25, 0.3) is 0 Å². The van der Waals surface area contributed by atoms with Crippen LogP contribution in [0.1, 0.15) is 94.9 Å². The van der Waals surface area contributed by atoms with Gasteiger partial charge in [-0.05, 0) is 74.3 Å². The summed E-state index contributed by atoms with van der Waals surface area (Å²) in [6.45, 7) is 17.3. The number of aliphatic hydroxyl groups is 5. The molecule has 3 unspecified atom stereocenters. The number of hydrogen-bond acceptors (Lipinski definition) is 14. The molecule has 0 saturated carbocycles. The minimum atomic E-state index is -1.82. The number of likely N-dealkylation sites (N-methyl/N-ethyl adjacent to an activating group) is 1. The van der Waals surface area contributed by atoms with E-state index < -0.39 is 108 Å². The molecule has 0 aromatic heterocycles. The molecule has 0 aromatic rings. The van der Waals surface area contributed by atoms with Crippen LogP contribution in [0.5, 0.6) is 0 Å². The van der Waals surface area contributed by atoms with E-state index in [9.17, 15) is 35.1 Å². The predicted molar refractivity (Wildman–Crippen MR) is 182 cm³/mol. The van der Waals surface area contributed by atoms with Gasteiger partial charge in [0.2, 0.25) is 0 Å². The van der Waals surface area contributed by atoms with Gasteiger partial charge in [0.15, 0.2) is 24.5 Å². The zero-order valence-corrected chi connectivity index (χ0v) is 32.1. The van der Waals surface area contributed by atoms with E-state index in [0.717, 1.165) is 0 Å². The van der Waals surface area contributed by atoms with Crippen LogP contribution in [0.2, 0.25) is 0 Å². The summed E-state index contributed by atoms with van der Waals surface area (Å²) in [7, 11) is 3.28. The van der Waals surface area contributed by atoms with E-state index in [-0.39, 0.29) is 31.6 Å². The number of ketones is 1. The third-order valence-electron chi connectivity index (χ3n) is 11.4. The van der Waals surface area contributed by atoms with Gasteiger partial charge in [-0.1, -0.05) is 20.8 Å². The van der Waals surface area contributed by atoms with E-state index in [2.05, 4.69) is 0 Å². The molecule has 3 saturated heterocycles. The first-order chi connectivity index (χ1) is 23.0. The van der Waals surface area contributed by atoms with Crippen molar-refractivity contribution in [2.75, 3.05) is 20.7 Å². The van der Waals surface area contributed by atoms with Crippen molar-refractivity contribution in [1.82, 2.24) is 4.90 Å². The van der Waals surface area contributed by atoms with Crippen molar-refractivity contribution >= 4 is 11.8 Å². The SMILES string of the molecule is CC[C@H]1OC(=O)[C@H](C)[C@@H](O[C@H]2C[C@](C)(OC)[C@@H](O)C(C)O2)[C@H](C)[C@@H](O[C@@H]2OC(C)CC(=O)C2O)[C@](C)(O)C[C@@H](C)CN(C)[C@H](C)[C@@H](O)[C@]1(C)O. The van der Waals surface area contributed by atoms with Gasteiger partial charge in [-0.15, -0.1) is 0 Å². The van der Waals surface area contributed by atoms with E-state index >= 15 is 0 Å². The van der Waals surface area contributed by atoms with E-state index in [1.165, 1.54) is 14.0 Å². The third kappa shape index (κ3) is 9.43. The molecule has 3 rings (SSSR count). The Kier molecular flexibility index (Phi) is 14.5. The highest BCUT2D eigenvalue weighted by atomic mass is 16.7. The number of ether oxygens (including phenoxy) is 6. The Hall–Kier alpha value is -1.30. The Morgan fingerprint density at radius 3 is 2.12 bits per heavy atom. The maximum Gasteiger partial charge on any atom is 0.311 e. The third-order valence-corrected chi connectivity index (χ3v) is 11.4. The second-order valence-corrected chi connectivity index (χ2v) is 16.0. The van der Waals surface area contributed by atoms with Crippen molar-refractivity contribution in [3.05, 3.63) is 0 Å². The lowest BCUT2D eigenvalue weighted by atomic mass is 9.77. The number of esters is 1. The summed E-state index contributed by atoms with van der Waals surface area (Å²) in [6.07, 6.45) is -10.4. The Morgan fingerprint density at radius 1 is 0.920 bits per heavy atom. The molecular formula is C36H65NO13. The molecule has 0 spiro atoms. The van der Waals surface area contributed by atoms with Crippen molar-refractivity contribution in [1.29, 1.82) is 0 Å². The second kappa shape index (κ2) is 16.8. The second-order valence-electron chi connectivity index (χ2n) is 16.0. The fourth-order valence-corrected chi connectivity index (χ4v) is 8.10. The van der Waals surface area contributed by atoms with Crippen molar-refractivity contribution < 1.29 is 63.5 Å². The van der Waals surface area contributed by atoms with E-state index in [1.807, 2.05) is 11.8 Å². The molecular weight excluding hydrogens is 654 g/mol. The van der Waals surface area contributed by atoms with Crippen molar-refractivity contribution in [3.8, 4) is 0 Å². The number of carbonyl (C=O) groups excluding carboxylic acids is 2. The topological polar surface area (TPSA) is 194 Å². The highest BCUT2D eigenvalue weighted by Crippen LogP contribution is 2.39. The minimum absolute atomic E-state index is 0.00332. The van der Waals surface area contributed by atoms with Crippen LogP contribution >= 0.6 is 0 Å². The lowest BCUT2D eigenvalue weighted by Crippen LogP contribution is -2.59. The molecule has 0 amide bonds. The quantitative estimate of drug-likeness (QED) is 0.248. The molecule has 0 radical (unpaired) electrons. The van der Waals surface area contributed by atoms with Crippen LogP contribution in [0, 0.1) is 17.8 Å². The van der Waals surface area contributed by atoms with Crippen LogP contribution in [0.15, 0.2) is 0 Å². The van der Waals surface area contributed by atoms with E-state index in [0.29, 0.717) is 6.54 Å². The zero-order chi connectivity index (χ0) is 38.1. The fourth-order valence-electron chi connectivity index (χ4n) is 8.10. The molecule has 0 aliphatic carbocycles. The molecule has 5 N–H and O–H groups in total. The van der Waals surface area contributed by atoms with Gasteiger partial charge < -0.3 is 58.9 Å². The number of cyclic esters (lactones) is 1. The number of nitrogens with zero attached hydrogens (tertiary/aromatic N) is 1. The number of methoxy groups -OCH3 is 1. The van der Waals surface area contributed by atoms with Gasteiger partial charge in [0, 0.05) is 38.5 Å². The highest BCUT2D eigenvalue weighted by molar-refractivity contribution is 5.84. The van der Waals surface area contributed by atoms with Gasteiger partial charge in [-0.2, -0.15) is 0 Å². The lowest BCUT2D eigenvalue weighted by molar-refractivity contribution is -0.311. The maximum absolute atomic E-state index is 14.1. The van der Waals surface area contributed by atoms with Gasteiger partial charge in [0.05, 0.1) is 41.5 Å². The number of aliphatic hydroxyl groups excluding tert-OH is 3. The zero-order valence-electron chi connectivity index (χ0n) is 32.1. The monoisotopic (exact) mass is 719 g/mol. The summed E-state index contributed by atoms with van der Waals surface area (Å²) in [5, 5.41) is 57.1. The molecule has 50 heavy (non-hydrogen) atoms. The Bertz CT molecular complexity index is 1140. The first-order valence-electron chi connectivity index (χ1n) is 18.1. The molecule has 17 atom stereocenters. The largest absolute Gasteiger partial charge is 0.459 e. The molecule has 3 heterocycles. The van der Waals surface area contributed by atoms with Crippen LogP contribution in [0.3, 0.4) is 0 Å². The molecule has 14 nitrogen and oxygen atoms in total. The van der Waals surface area contributed by atoms with E-state index in [1.54, 1.807) is 62.4 Å². The van der Waals surface area contributed by atoms with Crippen LogP contribution in [-0.4, -0.2) is 147 Å². The fraction of sp³-hybridized carbons (Fsp3) is 0.944. The maximum atomic E-state index is 14.1. The van der Waals surface area contributed by atoms with Gasteiger partial charge in [0.1, 0.15) is 23.9 Å². The summed E-state index contributed by atoms with van der Waals surface area (Å²) in [4.78, 5) is 28.6. The van der Waals surface area contributed by atoms with Gasteiger partial charge >= 0.3 is 5.97 Å². The molecule has 3 fully saturated rings. The smallest absolute Gasteiger partial charge is 0.311 e. The van der Waals surface area contributed by atoms with Gasteiger partial charge in [-0.25, -0.2) is 0 Å². The van der Waals surface area contributed by atoms with Crippen molar-refractivity contribution in [2.45, 2.75) is 179 Å². The highest BCUT2D eigenvalue weighted by Gasteiger charge is 2.52. The normalized spacial score (nSPS) is 49.5.